The first-order valence-electron chi connectivity index (χ1n) is 6.95. The molecule has 0 bridgehead atoms. The highest BCUT2D eigenvalue weighted by atomic mass is 15.3. The highest BCUT2D eigenvalue weighted by molar-refractivity contribution is 5.79. The fraction of sp³-hybridized carbons (Fsp3) is 0.562. The van der Waals surface area contributed by atoms with E-state index in [9.17, 15) is 0 Å². The summed E-state index contributed by atoms with van der Waals surface area (Å²) in [6, 6.07) is 10.8. The van der Waals surface area contributed by atoms with Gasteiger partial charge in [-0.15, -0.1) is 0 Å². The van der Waals surface area contributed by atoms with Crippen LogP contribution < -0.4 is 0 Å². The quantitative estimate of drug-likeness (QED) is 0.611. The lowest BCUT2D eigenvalue weighted by molar-refractivity contribution is 0.461. The van der Waals surface area contributed by atoms with Crippen LogP contribution in [0.25, 0.3) is 0 Å². The van der Waals surface area contributed by atoms with E-state index in [1.807, 2.05) is 0 Å². The SMILES string of the molecule is CN(C)C(=NCC1(Cc2ccccc2)CC1)N(C)C. The zero-order valence-electron chi connectivity index (χ0n) is 12.6. The van der Waals surface area contributed by atoms with Gasteiger partial charge < -0.3 is 9.80 Å². The van der Waals surface area contributed by atoms with E-state index >= 15 is 0 Å². The average Bonchev–Trinajstić information content (AvgIpc) is 3.09. The molecule has 1 aromatic carbocycles. The summed E-state index contributed by atoms with van der Waals surface area (Å²) in [6.07, 6.45) is 3.77. The predicted molar refractivity (Wildman–Crippen MR) is 81.5 cm³/mol. The van der Waals surface area contributed by atoms with Crippen molar-refractivity contribution >= 4 is 5.96 Å². The Kier molecular flexibility index (Phi) is 4.13. The van der Waals surface area contributed by atoms with Crippen molar-refractivity contribution in [3.05, 3.63) is 35.9 Å². The van der Waals surface area contributed by atoms with Crippen LogP contribution in [0, 0.1) is 5.41 Å². The Morgan fingerprint density at radius 1 is 1.05 bits per heavy atom. The molecule has 1 aromatic rings. The van der Waals surface area contributed by atoms with Gasteiger partial charge in [0, 0.05) is 34.7 Å². The van der Waals surface area contributed by atoms with Gasteiger partial charge in [-0.3, -0.25) is 4.99 Å². The second-order valence-corrected chi connectivity index (χ2v) is 6.07. The van der Waals surface area contributed by atoms with Gasteiger partial charge in [-0.25, -0.2) is 0 Å². The summed E-state index contributed by atoms with van der Waals surface area (Å²) in [7, 11) is 8.20. The minimum absolute atomic E-state index is 0.415. The second kappa shape index (κ2) is 5.64. The third-order valence-electron chi connectivity index (χ3n) is 3.73. The number of guanidine groups is 1. The Hall–Kier alpha value is -1.51. The van der Waals surface area contributed by atoms with Gasteiger partial charge in [0.25, 0.3) is 0 Å². The van der Waals surface area contributed by atoms with Crippen LogP contribution in [0.5, 0.6) is 0 Å². The van der Waals surface area contributed by atoms with Crippen molar-refractivity contribution < 1.29 is 0 Å². The van der Waals surface area contributed by atoms with Crippen molar-refractivity contribution in [3.8, 4) is 0 Å². The van der Waals surface area contributed by atoms with E-state index in [-0.39, 0.29) is 0 Å². The maximum Gasteiger partial charge on any atom is 0.195 e. The Labute approximate surface area is 116 Å². The number of hydrogen-bond donors (Lipinski definition) is 0. The van der Waals surface area contributed by atoms with Crippen molar-refractivity contribution in [1.82, 2.24) is 9.80 Å². The second-order valence-electron chi connectivity index (χ2n) is 6.07. The van der Waals surface area contributed by atoms with Gasteiger partial charge in [0.2, 0.25) is 0 Å². The third-order valence-corrected chi connectivity index (χ3v) is 3.73. The van der Waals surface area contributed by atoms with Crippen LogP contribution >= 0.6 is 0 Å². The first-order valence-corrected chi connectivity index (χ1v) is 6.95. The molecule has 0 spiro atoms. The fourth-order valence-corrected chi connectivity index (χ4v) is 2.52. The first kappa shape index (κ1) is 13.9. The summed E-state index contributed by atoms with van der Waals surface area (Å²) in [5.74, 6) is 1.05. The minimum atomic E-state index is 0.415. The molecular formula is C16H25N3. The molecule has 0 heterocycles. The molecule has 1 saturated carbocycles. The summed E-state index contributed by atoms with van der Waals surface area (Å²) in [5.41, 5.74) is 1.85. The standard InChI is InChI=1S/C16H25N3/c1-18(2)15(19(3)4)17-13-16(10-11-16)12-14-8-6-5-7-9-14/h5-9H,10-13H2,1-4H3. The van der Waals surface area contributed by atoms with E-state index < -0.39 is 0 Å². The van der Waals surface area contributed by atoms with Crippen molar-refractivity contribution in [3.63, 3.8) is 0 Å². The largest absolute Gasteiger partial charge is 0.349 e. The maximum absolute atomic E-state index is 4.82. The van der Waals surface area contributed by atoms with Crippen LogP contribution in [0.3, 0.4) is 0 Å². The van der Waals surface area contributed by atoms with Crippen LogP contribution in [0.15, 0.2) is 35.3 Å². The molecule has 1 aliphatic rings. The molecule has 3 nitrogen and oxygen atoms in total. The van der Waals surface area contributed by atoms with Gasteiger partial charge in [-0.05, 0) is 30.2 Å². The Morgan fingerprint density at radius 3 is 2.11 bits per heavy atom. The molecule has 0 amide bonds. The molecule has 1 aliphatic carbocycles. The van der Waals surface area contributed by atoms with Crippen LogP contribution in [0.2, 0.25) is 0 Å². The van der Waals surface area contributed by atoms with Crippen molar-refractivity contribution in [2.45, 2.75) is 19.3 Å². The van der Waals surface area contributed by atoms with E-state index in [4.69, 9.17) is 4.99 Å². The Balaban J connectivity index is 2.00. The van der Waals surface area contributed by atoms with E-state index in [0.717, 1.165) is 18.9 Å². The number of benzene rings is 1. The summed E-state index contributed by atoms with van der Waals surface area (Å²) < 4.78 is 0. The van der Waals surface area contributed by atoms with E-state index in [0.29, 0.717) is 5.41 Å². The summed E-state index contributed by atoms with van der Waals surface area (Å²) in [6.45, 7) is 0.938. The zero-order chi connectivity index (χ0) is 13.9. The smallest absolute Gasteiger partial charge is 0.195 e. The molecular weight excluding hydrogens is 234 g/mol. The fourth-order valence-electron chi connectivity index (χ4n) is 2.52. The Morgan fingerprint density at radius 2 is 1.63 bits per heavy atom. The molecule has 104 valence electrons. The van der Waals surface area contributed by atoms with Crippen molar-refractivity contribution in [1.29, 1.82) is 0 Å². The van der Waals surface area contributed by atoms with Crippen LogP contribution in [-0.4, -0.2) is 50.5 Å². The number of rotatable bonds is 4. The van der Waals surface area contributed by atoms with E-state index in [2.05, 4.69) is 68.3 Å². The number of aliphatic imine (C=N–C) groups is 1. The summed E-state index contributed by atoms with van der Waals surface area (Å²) in [5, 5.41) is 0. The van der Waals surface area contributed by atoms with Crippen molar-refractivity contribution in [2.75, 3.05) is 34.7 Å². The van der Waals surface area contributed by atoms with E-state index in [1.54, 1.807) is 0 Å². The highest BCUT2D eigenvalue weighted by Crippen LogP contribution is 2.48. The van der Waals surface area contributed by atoms with Gasteiger partial charge in [-0.2, -0.15) is 0 Å². The molecule has 1 fully saturated rings. The lowest BCUT2D eigenvalue weighted by Crippen LogP contribution is -2.36. The van der Waals surface area contributed by atoms with Gasteiger partial charge in [0.1, 0.15) is 0 Å². The van der Waals surface area contributed by atoms with Gasteiger partial charge in [0.15, 0.2) is 5.96 Å². The third kappa shape index (κ3) is 3.72. The molecule has 2 rings (SSSR count). The van der Waals surface area contributed by atoms with Gasteiger partial charge >= 0.3 is 0 Å². The highest BCUT2D eigenvalue weighted by Gasteiger charge is 2.42. The normalized spacial score (nSPS) is 15.8. The molecule has 0 radical (unpaired) electrons. The molecule has 3 heteroatoms. The molecule has 0 saturated heterocycles. The molecule has 0 N–H and O–H groups in total. The molecule has 19 heavy (non-hydrogen) atoms. The summed E-state index contributed by atoms with van der Waals surface area (Å²) in [4.78, 5) is 8.99. The zero-order valence-corrected chi connectivity index (χ0v) is 12.6. The van der Waals surface area contributed by atoms with Crippen LogP contribution in [0.4, 0.5) is 0 Å². The van der Waals surface area contributed by atoms with Crippen LogP contribution in [0.1, 0.15) is 18.4 Å². The first-order chi connectivity index (χ1) is 9.02. The van der Waals surface area contributed by atoms with E-state index in [1.165, 1.54) is 18.4 Å². The van der Waals surface area contributed by atoms with Gasteiger partial charge in [-0.1, -0.05) is 30.3 Å². The summed E-state index contributed by atoms with van der Waals surface area (Å²) >= 11 is 0. The molecule has 0 unspecified atom stereocenters. The average molecular weight is 259 g/mol. The lowest BCUT2D eigenvalue weighted by Gasteiger charge is -2.24. The number of nitrogens with zero attached hydrogens (tertiary/aromatic N) is 3. The van der Waals surface area contributed by atoms with Gasteiger partial charge in [0.05, 0.1) is 0 Å². The molecule has 0 aromatic heterocycles. The monoisotopic (exact) mass is 259 g/mol. The number of hydrogen-bond acceptors (Lipinski definition) is 1. The molecule has 0 aliphatic heterocycles. The topological polar surface area (TPSA) is 18.8 Å². The maximum atomic E-state index is 4.82. The lowest BCUT2D eigenvalue weighted by atomic mass is 9.97. The van der Waals surface area contributed by atoms with Crippen molar-refractivity contribution in [2.24, 2.45) is 10.4 Å². The Bertz CT molecular complexity index is 421. The molecule has 0 atom stereocenters. The minimum Gasteiger partial charge on any atom is -0.349 e. The predicted octanol–water partition coefficient (Wildman–Crippen LogP) is 2.49. The van der Waals surface area contributed by atoms with Crippen LogP contribution in [-0.2, 0) is 6.42 Å².